The van der Waals surface area contributed by atoms with Gasteiger partial charge in [-0.05, 0) is 44.1 Å². The number of hydrogen-bond donors (Lipinski definition) is 2. The first-order valence-corrected chi connectivity index (χ1v) is 10.0. The number of nitriles is 1. The summed E-state index contributed by atoms with van der Waals surface area (Å²) in [5.74, 6) is -2.24. The number of nitrogens with zero attached hydrogens (tertiary/aromatic N) is 1. The molecule has 0 unspecified atom stereocenters. The minimum atomic E-state index is -0.890. The normalized spacial score (nSPS) is 23.6. The van der Waals surface area contributed by atoms with Crippen LogP contribution < -0.4 is 5.32 Å². The Hall–Kier alpha value is -1.87. The smallest absolute Gasteiger partial charge is 0.307 e. The predicted molar refractivity (Wildman–Crippen MR) is 96.6 cm³/mol. The van der Waals surface area contributed by atoms with Crippen molar-refractivity contribution in [3.8, 4) is 6.07 Å². The van der Waals surface area contributed by atoms with Crippen LogP contribution in [0, 0.1) is 23.2 Å². The molecule has 2 atom stereocenters. The molecule has 0 aliphatic heterocycles. The SMILES string of the molecule is N#Cc1c(NC(=O)[C@@H]2CCCC[C@@H]2C(=O)O)sc2c1CCCCCC2. The topological polar surface area (TPSA) is 90.2 Å². The summed E-state index contributed by atoms with van der Waals surface area (Å²) >= 11 is 1.51. The van der Waals surface area contributed by atoms with Crippen LogP contribution in [0.2, 0.25) is 0 Å². The zero-order valence-electron chi connectivity index (χ0n) is 14.3. The molecule has 3 rings (SSSR count). The number of nitrogens with one attached hydrogen (secondary N) is 1. The molecule has 2 N–H and O–H groups in total. The number of rotatable bonds is 3. The van der Waals surface area contributed by atoms with Gasteiger partial charge >= 0.3 is 5.97 Å². The van der Waals surface area contributed by atoms with Crippen molar-refractivity contribution in [2.45, 2.75) is 64.2 Å². The molecule has 134 valence electrons. The second-order valence-corrected chi connectivity index (χ2v) is 8.16. The maximum Gasteiger partial charge on any atom is 0.307 e. The molecule has 25 heavy (non-hydrogen) atoms. The lowest BCUT2D eigenvalue weighted by atomic mass is 9.79. The van der Waals surface area contributed by atoms with Crippen LogP contribution in [0.15, 0.2) is 0 Å². The largest absolute Gasteiger partial charge is 0.481 e. The fraction of sp³-hybridized carbons (Fsp3) is 0.632. The number of amides is 1. The van der Waals surface area contributed by atoms with Gasteiger partial charge in [0.05, 0.1) is 17.4 Å². The molecule has 1 saturated carbocycles. The van der Waals surface area contributed by atoms with Crippen LogP contribution in [0.4, 0.5) is 5.00 Å². The van der Waals surface area contributed by atoms with Crippen LogP contribution in [0.1, 0.15) is 67.4 Å². The van der Waals surface area contributed by atoms with E-state index in [2.05, 4.69) is 11.4 Å². The van der Waals surface area contributed by atoms with E-state index in [1.807, 2.05) is 0 Å². The molecular weight excluding hydrogens is 336 g/mol. The first-order valence-electron chi connectivity index (χ1n) is 9.20. The van der Waals surface area contributed by atoms with Crippen LogP contribution >= 0.6 is 11.3 Å². The maximum atomic E-state index is 12.7. The van der Waals surface area contributed by atoms with Crippen molar-refractivity contribution in [2.75, 3.05) is 5.32 Å². The van der Waals surface area contributed by atoms with Crippen LogP contribution in [-0.2, 0) is 22.4 Å². The summed E-state index contributed by atoms with van der Waals surface area (Å²) in [4.78, 5) is 25.4. The first kappa shape index (κ1) is 17.9. The lowest BCUT2D eigenvalue weighted by Crippen LogP contribution is -2.36. The fourth-order valence-corrected chi connectivity index (χ4v) is 5.31. The van der Waals surface area contributed by atoms with Gasteiger partial charge in [0.15, 0.2) is 0 Å². The number of carboxylic acids is 1. The van der Waals surface area contributed by atoms with Crippen molar-refractivity contribution in [1.82, 2.24) is 0 Å². The predicted octanol–water partition coefficient (Wildman–Crippen LogP) is 4.11. The van der Waals surface area contributed by atoms with Gasteiger partial charge in [0, 0.05) is 4.88 Å². The molecule has 1 heterocycles. The van der Waals surface area contributed by atoms with E-state index in [0.29, 0.717) is 23.4 Å². The van der Waals surface area contributed by atoms with E-state index in [1.165, 1.54) is 29.1 Å². The number of carbonyl (C=O) groups excluding carboxylic acids is 1. The van der Waals surface area contributed by atoms with Crippen molar-refractivity contribution in [3.63, 3.8) is 0 Å². The van der Waals surface area contributed by atoms with Gasteiger partial charge in [-0.25, -0.2) is 0 Å². The van der Waals surface area contributed by atoms with Gasteiger partial charge in [-0.2, -0.15) is 5.26 Å². The zero-order valence-corrected chi connectivity index (χ0v) is 15.2. The number of thiophene rings is 1. The van der Waals surface area contributed by atoms with Gasteiger partial charge in [0.25, 0.3) is 0 Å². The summed E-state index contributed by atoms with van der Waals surface area (Å²) in [7, 11) is 0. The highest BCUT2D eigenvalue weighted by Crippen LogP contribution is 2.38. The number of hydrogen-bond acceptors (Lipinski definition) is 4. The Balaban J connectivity index is 1.82. The molecule has 1 aromatic heterocycles. The summed E-state index contributed by atoms with van der Waals surface area (Å²) in [6.07, 6.45) is 9.36. The molecule has 6 heteroatoms. The van der Waals surface area contributed by atoms with E-state index in [4.69, 9.17) is 0 Å². The average Bonchev–Trinajstić information content (AvgIpc) is 2.90. The van der Waals surface area contributed by atoms with Gasteiger partial charge in [-0.15, -0.1) is 11.3 Å². The summed E-state index contributed by atoms with van der Waals surface area (Å²) in [6.45, 7) is 0. The van der Waals surface area contributed by atoms with Crippen molar-refractivity contribution in [1.29, 1.82) is 5.26 Å². The Kier molecular flexibility index (Phi) is 5.74. The van der Waals surface area contributed by atoms with Crippen LogP contribution in [0.5, 0.6) is 0 Å². The third-order valence-corrected chi connectivity index (χ3v) is 6.65. The number of carbonyl (C=O) groups is 2. The molecule has 1 amide bonds. The molecule has 1 aromatic rings. The monoisotopic (exact) mass is 360 g/mol. The van der Waals surface area contributed by atoms with E-state index in [1.54, 1.807) is 0 Å². The molecule has 2 aliphatic carbocycles. The van der Waals surface area contributed by atoms with Gasteiger partial charge in [0.1, 0.15) is 11.1 Å². The standard InChI is InChI=1S/C19H24N2O3S/c20-11-15-12-7-3-1-2-4-10-16(12)25-18(15)21-17(22)13-8-5-6-9-14(13)19(23)24/h13-14H,1-10H2,(H,21,22)(H,23,24)/t13-,14+/m1/s1. The van der Waals surface area contributed by atoms with E-state index in [9.17, 15) is 20.0 Å². The first-order chi connectivity index (χ1) is 12.1. The van der Waals surface area contributed by atoms with Gasteiger partial charge in [0.2, 0.25) is 5.91 Å². The van der Waals surface area contributed by atoms with Crippen LogP contribution in [0.3, 0.4) is 0 Å². The van der Waals surface area contributed by atoms with E-state index in [-0.39, 0.29) is 5.91 Å². The third kappa shape index (κ3) is 3.87. The minimum Gasteiger partial charge on any atom is -0.481 e. The Morgan fingerprint density at radius 3 is 2.40 bits per heavy atom. The van der Waals surface area contributed by atoms with Crippen molar-refractivity contribution in [2.24, 2.45) is 11.8 Å². The van der Waals surface area contributed by atoms with Crippen molar-refractivity contribution >= 4 is 28.2 Å². The number of anilines is 1. The highest BCUT2D eigenvalue weighted by Gasteiger charge is 2.36. The molecule has 0 radical (unpaired) electrons. The lowest BCUT2D eigenvalue weighted by Gasteiger charge is -2.27. The van der Waals surface area contributed by atoms with Crippen LogP contribution in [-0.4, -0.2) is 17.0 Å². The average molecular weight is 360 g/mol. The van der Waals surface area contributed by atoms with E-state index >= 15 is 0 Å². The van der Waals surface area contributed by atoms with Crippen molar-refractivity contribution in [3.05, 3.63) is 16.0 Å². The highest BCUT2D eigenvalue weighted by atomic mass is 32.1. The molecular formula is C19H24N2O3S. The number of aryl methyl sites for hydroxylation is 1. The van der Waals surface area contributed by atoms with E-state index in [0.717, 1.165) is 44.1 Å². The quantitative estimate of drug-likeness (QED) is 0.849. The van der Waals surface area contributed by atoms with Gasteiger partial charge < -0.3 is 10.4 Å². The van der Waals surface area contributed by atoms with Crippen LogP contribution in [0.25, 0.3) is 0 Å². The minimum absolute atomic E-state index is 0.238. The Labute approximate surface area is 152 Å². The number of fused-ring (bicyclic) bond motifs is 1. The van der Waals surface area contributed by atoms with Gasteiger partial charge in [-0.1, -0.05) is 25.7 Å². The molecule has 0 spiro atoms. The number of carboxylic acid groups (broad SMARTS) is 1. The zero-order chi connectivity index (χ0) is 17.8. The molecule has 0 aromatic carbocycles. The Morgan fingerprint density at radius 2 is 1.72 bits per heavy atom. The lowest BCUT2D eigenvalue weighted by molar-refractivity contribution is -0.147. The number of aliphatic carboxylic acids is 1. The third-order valence-electron chi connectivity index (χ3n) is 5.44. The second kappa shape index (κ2) is 8.01. The summed E-state index contributed by atoms with van der Waals surface area (Å²) in [5.41, 5.74) is 1.69. The summed E-state index contributed by atoms with van der Waals surface area (Å²) in [6, 6.07) is 2.27. The summed E-state index contributed by atoms with van der Waals surface area (Å²) in [5, 5.41) is 22.5. The summed E-state index contributed by atoms with van der Waals surface area (Å²) < 4.78 is 0. The Bertz CT molecular complexity index is 704. The molecule has 0 saturated heterocycles. The van der Waals surface area contributed by atoms with Crippen molar-refractivity contribution < 1.29 is 14.7 Å². The molecule has 0 bridgehead atoms. The maximum absolute atomic E-state index is 12.7. The highest BCUT2D eigenvalue weighted by molar-refractivity contribution is 7.16. The molecule has 5 nitrogen and oxygen atoms in total. The molecule has 2 aliphatic rings. The Morgan fingerprint density at radius 1 is 1.04 bits per heavy atom. The molecule has 1 fully saturated rings. The van der Waals surface area contributed by atoms with E-state index < -0.39 is 17.8 Å². The van der Waals surface area contributed by atoms with Gasteiger partial charge in [-0.3, -0.25) is 9.59 Å². The fourth-order valence-electron chi connectivity index (χ4n) is 4.07. The second-order valence-electron chi connectivity index (χ2n) is 7.06.